The number of halogens is 1. The second-order valence-electron chi connectivity index (χ2n) is 5.03. The second kappa shape index (κ2) is 9.76. The van der Waals surface area contributed by atoms with E-state index in [-0.39, 0.29) is 24.7 Å². The molecular weight excluding hydrogens is 289 g/mol. The van der Waals surface area contributed by atoms with Gasteiger partial charge in [0.05, 0.1) is 12.5 Å². The Kier molecular flexibility index (Phi) is 7.96. The van der Waals surface area contributed by atoms with Gasteiger partial charge >= 0.3 is 5.97 Å². The average Bonchev–Trinajstić information content (AvgIpc) is 2.49. The topological polar surface area (TPSA) is 75.6 Å². The molecule has 0 radical (unpaired) electrons. The van der Waals surface area contributed by atoms with Gasteiger partial charge in [-0.3, -0.25) is 9.59 Å². The van der Waals surface area contributed by atoms with Crippen LogP contribution in [-0.2, 0) is 9.59 Å². The Labute approximate surface area is 129 Å². The van der Waals surface area contributed by atoms with Gasteiger partial charge in [0, 0.05) is 13.0 Å². The van der Waals surface area contributed by atoms with Crippen LogP contribution in [0.25, 0.3) is 0 Å². The van der Waals surface area contributed by atoms with E-state index in [2.05, 4.69) is 5.32 Å². The molecule has 1 unspecified atom stereocenters. The van der Waals surface area contributed by atoms with E-state index in [1.54, 1.807) is 0 Å². The van der Waals surface area contributed by atoms with E-state index >= 15 is 0 Å². The summed E-state index contributed by atoms with van der Waals surface area (Å²) in [5, 5.41) is 11.6. The first-order valence-corrected chi connectivity index (χ1v) is 7.40. The Hall–Kier alpha value is -2.11. The van der Waals surface area contributed by atoms with Crippen molar-refractivity contribution in [3.8, 4) is 5.75 Å². The first-order valence-electron chi connectivity index (χ1n) is 7.40. The normalized spacial score (nSPS) is 11.7. The van der Waals surface area contributed by atoms with Crippen LogP contribution >= 0.6 is 0 Å². The lowest BCUT2D eigenvalue weighted by molar-refractivity contribution is -0.141. The van der Waals surface area contributed by atoms with Crippen LogP contribution in [0, 0.1) is 11.7 Å². The van der Waals surface area contributed by atoms with Gasteiger partial charge in [0.2, 0.25) is 5.91 Å². The fraction of sp³-hybridized carbons (Fsp3) is 0.500. The maximum absolute atomic E-state index is 12.7. The summed E-state index contributed by atoms with van der Waals surface area (Å²) in [7, 11) is 0. The zero-order valence-electron chi connectivity index (χ0n) is 12.7. The highest BCUT2D eigenvalue weighted by atomic mass is 19.1. The lowest BCUT2D eigenvalue weighted by Crippen LogP contribution is -2.32. The van der Waals surface area contributed by atoms with Crippen molar-refractivity contribution in [1.29, 1.82) is 0 Å². The smallest absolute Gasteiger partial charge is 0.308 e. The van der Waals surface area contributed by atoms with E-state index in [1.807, 2.05) is 6.92 Å². The molecule has 0 aliphatic rings. The first kappa shape index (κ1) is 17.9. The summed E-state index contributed by atoms with van der Waals surface area (Å²) in [6, 6.07) is 5.67. The summed E-state index contributed by atoms with van der Waals surface area (Å²) in [6.07, 6.45) is 2.08. The van der Waals surface area contributed by atoms with E-state index in [0.29, 0.717) is 25.2 Å². The maximum atomic E-state index is 12.7. The summed E-state index contributed by atoms with van der Waals surface area (Å²) in [4.78, 5) is 22.6. The van der Waals surface area contributed by atoms with Crippen LogP contribution in [0.3, 0.4) is 0 Å². The Bertz CT molecular complexity index is 476. The van der Waals surface area contributed by atoms with Gasteiger partial charge in [-0.15, -0.1) is 0 Å². The van der Waals surface area contributed by atoms with Crippen LogP contribution < -0.4 is 10.1 Å². The molecule has 2 N–H and O–H groups in total. The molecule has 1 atom stereocenters. The number of aliphatic carboxylic acids is 1. The van der Waals surface area contributed by atoms with Crippen molar-refractivity contribution in [2.75, 3.05) is 13.2 Å². The molecule has 0 fully saturated rings. The highest BCUT2D eigenvalue weighted by molar-refractivity contribution is 5.77. The zero-order chi connectivity index (χ0) is 16.4. The van der Waals surface area contributed by atoms with Gasteiger partial charge in [0.15, 0.2) is 0 Å². The molecule has 0 aliphatic heterocycles. The van der Waals surface area contributed by atoms with E-state index in [1.165, 1.54) is 24.3 Å². The molecule has 0 saturated heterocycles. The molecule has 1 aromatic carbocycles. The molecule has 0 aromatic heterocycles. The van der Waals surface area contributed by atoms with Gasteiger partial charge in [-0.1, -0.05) is 13.3 Å². The number of ether oxygens (including phenoxy) is 1. The average molecular weight is 311 g/mol. The SMILES string of the molecule is CCCC(CNC(=O)CCCOc1ccc(F)cc1)C(=O)O. The number of hydrogen-bond acceptors (Lipinski definition) is 3. The quantitative estimate of drug-likeness (QED) is 0.651. The van der Waals surface area contributed by atoms with Crippen molar-refractivity contribution in [2.24, 2.45) is 5.92 Å². The molecule has 1 aromatic rings. The van der Waals surface area contributed by atoms with Crippen LogP contribution in [0.2, 0.25) is 0 Å². The third kappa shape index (κ3) is 7.06. The largest absolute Gasteiger partial charge is 0.494 e. The van der Waals surface area contributed by atoms with Gasteiger partial charge in [-0.05, 0) is 37.1 Å². The number of carboxylic acids is 1. The zero-order valence-corrected chi connectivity index (χ0v) is 12.7. The summed E-state index contributed by atoms with van der Waals surface area (Å²) in [5.74, 6) is -1.39. The molecular formula is C16H22FNO4. The number of carboxylic acid groups (broad SMARTS) is 1. The third-order valence-electron chi connectivity index (χ3n) is 3.16. The standard InChI is InChI=1S/C16H22FNO4/c1-2-4-12(16(20)21)11-18-15(19)5-3-10-22-14-8-6-13(17)7-9-14/h6-9,12H,2-5,10-11H2,1H3,(H,18,19)(H,20,21). The minimum atomic E-state index is -0.887. The van der Waals surface area contributed by atoms with Gasteiger partial charge in [-0.2, -0.15) is 0 Å². The number of hydrogen-bond donors (Lipinski definition) is 2. The molecule has 6 heteroatoms. The number of benzene rings is 1. The van der Waals surface area contributed by atoms with E-state index in [4.69, 9.17) is 9.84 Å². The van der Waals surface area contributed by atoms with Crippen molar-refractivity contribution < 1.29 is 23.8 Å². The Morgan fingerprint density at radius 3 is 2.59 bits per heavy atom. The Morgan fingerprint density at radius 2 is 2.00 bits per heavy atom. The van der Waals surface area contributed by atoms with Crippen molar-refractivity contribution in [2.45, 2.75) is 32.6 Å². The molecule has 0 aliphatic carbocycles. The van der Waals surface area contributed by atoms with Gasteiger partial charge in [-0.25, -0.2) is 4.39 Å². The fourth-order valence-electron chi connectivity index (χ4n) is 1.94. The molecule has 0 heterocycles. The molecule has 1 amide bonds. The van der Waals surface area contributed by atoms with E-state index in [0.717, 1.165) is 6.42 Å². The molecule has 22 heavy (non-hydrogen) atoms. The lowest BCUT2D eigenvalue weighted by Gasteiger charge is -2.12. The van der Waals surface area contributed by atoms with E-state index in [9.17, 15) is 14.0 Å². The highest BCUT2D eigenvalue weighted by Crippen LogP contribution is 2.11. The molecule has 0 saturated carbocycles. The van der Waals surface area contributed by atoms with E-state index < -0.39 is 11.9 Å². The minimum absolute atomic E-state index is 0.154. The molecule has 1 rings (SSSR count). The predicted molar refractivity (Wildman–Crippen MR) is 80.2 cm³/mol. The number of nitrogens with one attached hydrogen (secondary N) is 1. The van der Waals surface area contributed by atoms with Gasteiger partial charge in [0.1, 0.15) is 11.6 Å². The van der Waals surface area contributed by atoms with Crippen molar-refractivity contribution >= 4 is 11.9 Å². The predicted octanol–water partition coefficient (Wildman–Crippen LogP) is 2.60. The number of carbonyl (C=O) groups excluding carboxylic acids is 1. The molecule has 5 nitrogen and oxygen atoms in total. The second-order valence-corrected chi connectivity index (χ2v) is 5.03. The molecule has 0 spiro atoms. The van der Waals surface area contributed by atoms with Crippen LogP contribution in [0.1, 0.15) is 32.6 Å². The Balaban J connectivity index is 2.17. The van der Waals surface area contributed by atoms with Crippen molar-refractivity contribution in [1.82, 2.24) is 5.32 Å². The van der Waals surface area contributed by atoms with Crippen LogP contribution in [0.15, 0.2) is 24.3 Å². The molecule has 0 bridgehead atoms. The third-order valence-corrected chi connectivity index (χ3v) is 3.16. The Morgan fingerprint density at radius 1 is 1.32 bits per heavy atom. The van der Waals surface area contributed by atoms with Gasteiger partial charge < -0.3 is 15.2 Å². The summed E-state index contributed by atoms with van der Waals surface area (Å²) in [6.45, 7) is 2.40. The summed E-state index contributed by atoms with van der Waals surface area (Å²) >= 11 is 0. The maximum Gasteiger partial charge on any atom is 0.308 e. The monoisotopic (exact) mass is 311 g/mol. The molecule has 122 valence electrons. The first-order chi connectivity index (χ1) is 10.5. The number of rotatable bonds is 10. The van der Waals surface area contributed by atoms with Crippen molar-refractivity contribution in [3.05, 3.63) is 30.1 Å². The van der Waals surface area contributed by atoms with Crippen LogP contribution in [0.5, 0.6) is 5.75 Å². The van der Waals surface area contributed by atoms with Crippen molar-refractivity contribution in [3.63, 3.8) is 0 Å². The van der Waals surface area contributed by atoms with Crippen LogP contribution in [-0.4, -0.2) is 30.1 Å². The van der Waals surface area contributed by atoms with Gasteiger partial charge in [0.25, 0.3) is 0 Å². The summed E-state index contributed by atoms with van der Waals surface area (Å²) in [5.41, 5.74) is 0. The lowest BCUT2D eigenvalue weighted by atomic mass is 10.0. The minimum Gasteiger partial charge on any atom is -0.494 e. The number of amides is 1. The summed E-state index contributed by atoms with van der Waals surface area (Å²) < 4.78 is 18.1. The fourth-order valence-corrected chi connectivity index (χ4v) is 1.94. The highest BCUT2D eigenvalue weighted by Gasteiger charge is 2.16. The van der Waals surface area contributed by atoms with Crippen LogP contribution in [0.4, 0.5) is 4.39 Å². The number of carbonyl (C=O) groups is 2.